The smallest absolute Gasteiger partial charge is 0.228 e. The maximum atomic E-state index is 6.56. The fourth-order valence-electron chi connectivity index (χ4n) is 5.45. The van der Waals surface area contributed by atoms with E-state index in [0.29, 0.717) is 5.89 Å². The molecule has 0 radical (unpaired) electrons. The molecule has 0 N–H and O–H groups in total. The van der Waals surface area contributed by atoms with Crippen LogP contribution in [0.5, 0.6) is 0 Å². The van der Waals surface area contributed by atoms with Crippen molar-refractivity contribution in [2.45, 2.75) is 0 Å². The van der Waals surface area contributed by atoms with Crippen molar-refractivity contribution in [2.24, 2.45) is 0 Å². The van der Waals surface area contributed by atoms with Crippen molar-refractivity contribution in [3.8, 4) is 45.0 Å². The third-order valence-corrected chi connectivity index (χ3v) is 7.37. The summed E-state index contributed by atoms with van der Waals surface area (Å²) in [6.45, 7) is 0. The van der Waals surface area contributed by atoms with E-state index in [1.165, 1.54) is 0 Å². The molecule has 0 unspecified atom stereocenters. The third-order valence-electron chi connectivity index (χ3n) is 7.37. The number of nitrogens with zero attached hydrogens (tertiary/aromatic N) is 2. The van der Waals surface area contributed by atoms with Crippen LogP contribution in [0, 0.1) is 0 Å². The average molecular weight is 515 g/mol. The molecule has 4 nitrogen and oxygen atoms in total. The van der Waals surface area contributed by atoms with Crippen LogP contribution < -0.4 is 0 Å². The number of aromatic nitrogens is 2. The van der Waals surface area contributed by atoms with Gasteiger partial charge in [0.05, 0.1) is 11.3 Å². The maximum absolute atomic E-state index is 6.56. The second-order valence-corrected chi connectivity index (χ2v) is 9.83. The van der Waals surface area contributed by atoms with E-state index in [-0.39, 0.29) is 0 Å². The highest BCUT2D eigenvalue weighted by Crippen LogP contribution is 2.42. The van der Waals surface area contributed by atoms with Gasteiger partial charge in [-0.2, -0.15) is 0 Å². The SMILES string of the molecule is c1ccc(-c2cc(-c3ccccc3)c3oc4cccc(-c5ccc(-c6nc7ccccc7o6)cn5)c4c3c2)cc1. The van der Waals surface area contributed by atoms with Crippen LogP contribution in [0.3, 0.4) is 0 Å². The average Bonchev–Trinajstić information content (AvgIpc) is 3.63. The van der Waals surface area contributed by atoms with Crippen LogP contribution in [0.15, 0.2) is 142 Å². The lowest BCUT2D eigenvalue weighted by Gasteiger charge is -2.09. The van der Waals surface area contributed by atoms with Gasteiger partial charge >= 0.3 is 0 Å². The zero-order valence-corrected chi connectivity index (χ0v) is 21.4. The highest BCUT2D eigenvalue weighted by Gasteiger charge is 2.19. The summed E-state index contributed by atoms with van der Waals surface area (Å²) in [5.41, 5.74) is 10.5. The van der Waals surface area contributed by atoms with Crippen LogP contribution in [0.2, 0.25) is 0 Å². The topological polar surface area (TPSA) is 52.1 Å². The van der Waals surface area contributed by atoms with Crippen LogP contribution in [0.25, 0.3) is 78.0 Å². The van der Waals surface area contributed by atoms with Crippen LogP contribution in [-0.2, 0) is 0 Å². The van der Waals surface area contributed by atoms with Gasteiger partial charge in [-0.25, -0.2) is 4.98 Å². The normalized spacial score (nSPS) is 11.5. The maximum Gasteiger partial charge on any atom is 0.228 e. The van der Waals surface area contributed by atoms with Gasteiger partial charge in [0.25, 0.3) is 0 Å². The standard InChI is InChI=1S/C36H22N2O2/c1-3-10-23(11-4-1)26-20-28(24-12-5-2-6-13-24)35-29(21-26)34-27(14-9-17-33(34)39-35)30-19-18-25(22-37-30)36-38-31-15-7-8-16-32(31)40-36/h1-22H. The number of hydrogen-bond acceptors (Lipinski definition) is 4. The molecule has 0 bridgehead atoms. The predicted molar refractivity (Wildman–Crippen MR) is 161 cm³/mol. The summed E-state index contributed by atoms with van der Waals surface area (Å²) >= 11 is 0. The van der Waals surface area contributed by atoms with Crippen molar-refractivity contribution in [1.82, 2.24) is 9.97 Å². The number of pyridine rings is 1. The fraction of sp³-hybridized carbons (Fsp3) is 0. The molecule has 3 aromatic heterocycles. The molecule has 40 heavy (non-hydrogen) atoms. The van der Waals surface area contributed by atoms with Gasteiger partial charge in [0, 0.05) is 28.1 Å². The molecule has 0 fully saturated rings. The summed E-state index contributed by atoms with van der Waals surface area (Å²) in [7, 11) is 0. The van der Waals surface area contributed by atoms with Gasteiger partial charge in [0.2, 0.25) is 5.89 Å². The van der Waals surface area contributed by atoms with E-state index < -0.39 is 0 Å². The van der Waals surface area contributed by atoms with E-state index in [9.17, 15) is 0 Å². The highest BCUT2D eigenvalue weighted by molar-refractivity contribution is 6.16. The number of furan rings is 1. The van der Waals surface area contributed by atoms with Crippen molar-refractivity contribution < 1.29 is 8.83 Å². The van der Waals surface area contributed by atoms with E-state index in [1.54, 1.807) is 0 Å². The Morgan fingerprint density at radius 2 is 1.25 bits per heavy atom. The molecule has 0 aliphatic carbocycles. The predicted octanol–water partition coefficient (Wildman–Crippen LogP) is 9.79. The minimum atomic E-state index is 0.562. The second kappa shape index (κ2) is 9.07. The van der Waals surface area contributed by atoms with Crippen LogP contribution in [0.1, 0.15) is 0 Å². The van der Waals surface area contributed by atoms with Crippen LogP contribution >= 0.6 is 0 Å². The van der Waals surface area contributed by atoms with Gasteiger partial charge in [-0.3, -0.25) is 4.98 Å². The Morgan fingerprint density at radius 1 is 0.500 bits per heavy atom. The molecule has 0 aliphatic rings. The Morgan fingerprint density at radius 3 is 2.02 bits per heavy atom. The van der Waals surface area contributed by atoms with Crippen LogP contribution in [0.4, 0.5) is 0 Å². The van der Waals surface area contributed by atoms with E-state index in [0.717, 1.165) is 72.1 Å². The van der Waals surface area contributed by atoms with Crippen molar-refractivity contribution in [3.63, 3.8) is 0 Å². The molecule has 3 heterocycles. The van der Waals surface area contributed by atoms with Gasteiger partial charge < -0.3 is 8.83 Å². The number of rotatable bonds is 4. The van der Waals surface area contributed by atoms with Crippen LogP contribution in [-0.4, -0.2) is 9.97 Å². The lowest BCUT2D eigenvalue weighted by Crippen LogP contribution is -1.87. The lowest BCUT2D eigenvalue weighted by atomic mass is 9.94. The quantitative estimate of drug-likeness (QED) is 0.234. The van der Waals surface area contributed by atoms with E-state index >= 15 is 0 Å². The van der Waals surface area contributed by atoms with E-state index in [1.807, 2.05) is 66.9 Å². The minimum Gasteiger partial charge on any atom is -0.455 e. The van der Waals surface area contributed by atoms with E-state index in [2.05, 4.69) is 71.7 Å². The molecule has 0 amide bonds. The molecule has 0 aliphatic heterocycles. The van der Waals surface area contributed by atoms with Gasteiger partial charge in [-0.1, -0.05) is 84.9 Å². The first-order chi connectivity index (χ1) is 19.8. The van der Waals surface area contributed by atoms with Crippen molar-refractivity contribution in [1.29, 1.82) is 0 Å². The Balaban J connectivity index is 1.32. The number of hydrogen-bond donors (Lipinski definition) is 0. The largest absolute Gasteiger partial charge is 0.455 e. The Kier molecular flexibility index (Phi) is 5.10. The summed E-state index contributed by atoms with van der Waals surface area (Å²) in [5, 5.41) is 2.12. The minimum absolute atomic E-state index is 0.562. The lowest BCUT2D eigenvalue weighted by molar-refractivity contribution is 0.619. The van der Waals surface area contributed by atoms with Gasteiger partial charge in [0.1, 0.15) is 16.7 Å². The number of fused-ring (bicyclic) bond motifs is 4. The summed E-state index contributed by atoms with van der Waals surface area (Å²) in [6.07, 6.45) is 1.83. The molecule has 8 aromatic rings. The molecule has 5 aromatic carbocycles. The van der Waals surface area contributed by atoms with Gasteiger partial charge in [0.15, 0.2) is 5.58 Å². The molecule has 4 heteroatoms. The molecule has 0 atom stereocenters. The zero-order chi connectivity index (χ0) is 26.5. The van der Waals surface area contributed by atoms with Gasteiger partial charge in [-0.15, -0.1) is 0 Å². The zero-order valence-electron chi connectivity index (χ0n) is 21.4. The summed E-state index contributed by atoms with van der Waals surface area (Å²) in [4.78, 5) is 9.47. The fourth-order valence-corrected chi connectivity index (χ4v) is 5.45. The molecule has 0 saturated carbocycles. The van der Waals surface area contributed by atoms with Crippen molar-refractivity contribution in [3.05, 3.63) is 134 Å². The summed E-state index contributed by atoms with van der Waals surface area (Å²) < 4.78 is 12.5. The monoisotopic (exact) mass is 514 g/mol. The first-order valence-electron chi connectivity index (χ1n) is 13.2. The Bertz CT molecular complexity index is 2110. The molecule has 8 rings (SSSR count). The Hall–Kier alpha value is -5.48. The first-order valence-corrected chi connectivity index (χ1v) is 13.2. The first kappa shape index (κ1) is 22.5. The van der Waals surface area contributed by atoms with E-state index in [4.69, 9.17) is 13.8 Å². The third kappa shape index (κ3) is 3.69. The molecule has 0 spiro atoms. The number of benzene rings is 5. The number of para-hydroxylation sites is 2. The van der Waals surface area contributed by atoms with Crippen molar-refractivity contribution in [2.75, 3.05) is 0 Å². The molecular formula is C36H22N2O2. The Labute approximate surface area is 230 Å². The summed E-state index contributed by atoms with van der Waals surface area (Å²) in [6, 6.07) is 43.3. The summed E-state index contributed by atoms with van der Waals surface area (Å²) in [5.74, 6) is 0.562. The number of oxazole rings is 1. The molecule has 188 valence electrons. The van der Waals surface area contributed by atoms with Crippen molar-refractivity contribution >= 4 is 33.0 Å². The second-order valence-electron chi connectivity index (χ2n) is 9.83. The molecular weight excluding hydrogens is 492 g/mol. The molecule has 0 saturated heterocycles. The van der Waals surface area contributed by atoms with Gasteiger partial charge in [-0.05, 0) is 59.2 Å². The highest BCUT2D eigenvalue weighted by atomic mass is 16.3.